The average Bonchev–Trinajstić information content (AvgIpc) is 2.27. The molecule has 0 heterocycles. The normalized spacial score (nSPS) is 19.1. The highest BCUT2D eigenvalue weighted by Crippen LogP contribution is 2.20. The molecule has 0 aromatic rings. The number of nitrogens with two attached hydrogens (primary N) is 2. The van der Waals surface area contributed by atoms with Crippen molar-refractivity contribution in [1.82, 2.24) is 0 Å². The Hall–Kier alpha value is -1.10. The third-order valence-corrected chi connectivity index (χ3v) is 2.84. The second-order valence-corrected chi connectivity index (χ2v) is 4.31. The van der Waals surface area contributed by atoms with Crippen molar-refractivity contribution in [3.8, 4) is 0 Å². The summed E-state index contributed by atoms with van der Waals surface area (Å²) in [5, 5.41) is 0. The topological polar surface area (TPSA) is 95.4 Å². The van der Waals surface area contributed by atoms with E-state index in [0.717, 1.165) is 25.7 Å². The molecule has 1 fully saturated rings. The Morgan fingerprint density at radius 2 is 1.88 bits per heavy atom. The van der Waals surface area contributed by atoms with Crippen LogP contribution in [0.3, 0.4) is 0 Å². The molecule has 92 valence electrons. The smallest absolute Gasteiger partial charge is 0.323 e. The van der Waals surface area contributed by atoms with E-state index in [1.807, 2.05) is 0 Å². The molecule has 0 spiro atoms. The first-order valence-electron chi connectivity index (χ1n) is 5.84. The molecule has 5 nitrogen and oxygen atoms in total. The van der Waals surface area contributed by atoms with Crippen LogP contribution in [0.1, 0.15) is 44.9 Å². The lowest BCUT2D eigenvalue weighted by atomic mass is 9.98. The lowest BCUT2D eigenvalue weighted by molar-refractivity contribution is -0.152. The van der Waals surface area contributed by atoms with Gasteiger partial charge in [0.05, 0.1) is 0 Å². The van der Waals surface area contributed by atoms with Crippen molar-refractivity contribution in [1.29, 1.82) is 0 Å². The van der Waals surface area contributed by atoms with Crippen LogP contribution in [-0.2, 0) is 14.3 Å². The molecule has 0 aromatic carbocycles. The Morgan fingerprint density at radius 3 is 2.44 bits per heavy atom. The largest absolute Gasteiger partial charge is 0.461 e. The van der Waals surface area contributed by atoms with Crippen LogP contribution < -0.4 is 11.5 Å². The zero-order valence-electron chi connectivity index (χ0n) is 9.48. The molecular weight excluding hydrogens is 208 g/mol. The third-order valence-electron chi connectivity index (χ3n) is 2.84. The number of hydrogen-bond donors (Lipinski definition) is 2. The number of carbonyl (C=O) groups excluding carboxylic acids is 2. The highest BCUT2D eigenvalue weighted by molar-refractivity contribution is 5.78. The highest BCUT2D eigenvalue weighted by Gasteiger charge is 2.22. The van der Waals surface area contributed by atoms with Crippen molar-refractivity contribution < 1.29 is 14.3 Å². The fourth-order valence-electron chi connectivity index (χ4n) is 1.85. The Morgan fingerprint density at radius 1 is 1.25 bits per heavy atom. The summed E-state index contributed by atoms with van der Waals surface area (Å²) in [4.78, 5) is 22.1. The molecule has 1 saturated carbocycles. The minimum absolute atomic E-state index is 0.0147. The maximum atomic E-state index is 11.5. The molecule has 5 heteroatoms. The van der Waals surface area contributed by atoms with E-state index in [9.17, 15) is 9.59 Å². The van der Waals surface area contributed by atoms with Crippen molar-refractivity contribution in [2.75, 3.05) is 0 Å². The van der Waals surface area contributed by atoms with Gasteiger partial charge in [0.25, 0.3) is 0 Å². The summed E-state index contributed by atoms with van der Waals surface area (Å²) in [6.45, 7) is 0. The number of primary amides is 1. The van der Waals surface area contributed by atoms with Crippen LogP contribution in [0.25, 0.3) is 0 Å². The van der Waals surface area contributed by atoms with E-state index in [1.54, 1.807) is 0 Å². The van der Waals surface area contributed by atoms with Crippen molar-refractivity contribution in [3.05, 3.63) is 0 Å². The van der Waals surface area contributed by atoms with E-state index < -0.39 is 17.9 Å². The molecule has 1 aliphatic carbocycles. The molecule has 1 amide bonds. The van der Waals surface area contributed by atoms with Gasteiger partial charge in [0.2, 0.25) is 5.91 Å². The number of ether oxygens (including phenoxy) is 1. The van der Waals surface area contributed by atoms with Gasteiger partial charge in [-0.2, -0.15) is 0 Å². The van der Waals surface area contributed by atoms with E-state index in [2.05, 4.69) is 0 Å². The van der Waals surface area contributed by atoms with E-state index in [-0.39, 0.29) is 18.9 Å². The summed E-state index contributed by atoms with van der Waals surface area (Å²) in [6, 6.07) is -0.727. The van der Waals surface area contributed by atoms with E-state index in [4.69, 9.17) is 16.2 Å². The van der Waals surface area contributed by atoms with Crippen molar-refractivity contribution in [3.63, 3.8) is 0 Å². The average molecular weight is 228 g/mol. The zero-order valence-corrected chi connectivity index (χ0v) is 9.48. The molecule has 1 unspecified atom stereocenters. The van der Waals surface area contributed by atoms with Crippen LogP contribution in [0.5, 0.6) is 0 Å². The van der Waals surface area contributed by atoms with Crippen LogP contribution in [0.4, 0.5) is 0 Å². The fraction of sp³-hybridized carbons (Fsp3) is 0.818. The molecule has 0 aliphatic heterocycles. The third kappa shape index (κ3) is 4.61. The lowest BCUT2D eigenvalue weighted by Gasteiger charge is -2.23. The molecule has 0 aromatic heterocycles. The molecular formula is C11H20N2O3. The molecule has 16 heavy (non-hydrogen) atoms. The van der Waals surface area contributed by atoms with Crippen molar-refractivity contribution in [2.24, 2.45) is 11.5 Å². The van der Waals surface area contributed by atoms with Gasteiger partial charge in [0, 0.05) is 6.42 Å². The lowest BCUT2D eigenvalue weighted by Crippen LogP contribution is -2.36. The van der Waals surface area contributed by atoms with Gasteiger partial charge in [-0.3, -0.25) is 9.59 Å². The molecule has 0 radical (unpaired) electrons. The summed E-state index contributed by atoms with van der Waals surface area (Å²) in [5.41, 5.74) is 10.6. The van der Waals surface area contributed by atoms with Crippen LogP contribution >= 0.6 is 0 Å². The number of amides is 1. The van der Waals surface area contributed by atoms with Crippen LogP contribution in [0.15, 0.2) is 0 Å². The van der Waals surface area contributed by atoms with E-state index in [1.165, 1.54) is 6.42 Å². The molecule has 1 rings (SSSR count). The minimum atomic E-state index is -0.727. The number of carbonyl (C=O) groups is 2. The maximum absolute atomic E-state index is 11.5. The first-order chi connectivity index (χ1) is 7.59. The van der Waals surface area contributed by atoms with E-state index in [0.29, 0.717) is 0 Å². The Balaban J connectivity index is 2.24. The van der Waals surface area contributed by atoms with Crippen molar-refractivity contribution >= 4 is 11.9 Å². The first kappa shape index (κ1) is 13.0. The Kier molecular flexibility index (Phi) is 5.25. The van der Waals surface area contributed by atoms with Crippen LogP contribution in [-0.4, -0.2) is 24.0 Å². The predicted molar refractivity (Wildman–Crippen MR) is 59.4 cm³/mol. The second kappa shape index (κ2) is 6.48. The molecule has 1 aliphatic rings. The zero-order chi connectivity index (χ0) is 12.0. The summed E-state index contributed by atoms with van der Waals surface area (Å²) in [5.74, 6) is -0.853. The Labute approximate surface area is 95.5 Å². The first-order valence-corrected chi connectivity index (χ1v) is 5.84. The van der Waals surface area contributed by atoms with Gasteiger partial charge in [-0.25, -0.2) is 0 Å². The maximum Gasteiger partial charge on any atom is 0.323 e. The summed E-state index contributed by atoms with van der Waals surface area (Å²) >= 11 is 0. The second-order valence-electron chi connectivity index (χ2n) is 4.31. The van der Waals surface area contributed by atoms with E-state index >= 15 is 0 Å². The molecule has 1 atom stereocenters. The quantitative estimate of drug-likeness (QED) is 0.668. The summed E-state index contributed by atoms with van der Waals surface area (Å²) in [7, 11) is 0. The predicted octanol–water partition coefficient (Wildman–Crippen LogP) is 0.455. The fourth-order valence-corrected chi connectivity index (χ4v) is 1.85. The standard InChI is InChI=1S/C11H20N2O3/c12-9(6-7-10(13)14)11(15)16-8-4-2-1-3-5-8/h8-9H,1-7,12H2,(H2,13,14). The van der Waals surface area contributed by atoms with Gasteiger partial charge in [0.15, 0.2) is 0 Å². The van der Waals surface area contributed by atoms with Gasteiger partial charge in [-0.1, -0.05) is 6.42 Å². The summed E-state index contributed by atoms with van der Waals surface area (Å²) in [6.07, 6.45) is 5.68. The monoisotopic (exact) mass is 228 g/mol. The van der Waals surface area contributed by atoms with Crippen LogP contribution in [0, 0.1) is 0 Å². The number of esters is 1. The number of hydrogen-bond acceptors (Lipinski definition) is 4. The van der Waals surface area contributed by atoms with Gasteiger partial charge in [0.1, 0.15) is 12.1 Å². The van der Waals surface area contributed by atoms with Crippen LogP contribution in [0.2, 0.25) is 0 Å². The van der Waals surface area contributed by atoms with Gasteiger partial charge in [-0.15, -0.1) is 0 Å². The number of rotatable bonds is 5. The molecule has 0 bridgehead atoms. The summed E-state index contributed by atoms with van der Waals surface area (Å²) < 4.78 is 5.27. The highest BCUT2D eigenvalue weighted by atomic mass is 16.5. The van der Waals surface area contributed by atoms with Gasteiger partial charge in [-0.05, 0) is 32.1 Å². The SMILES string of the molecule is NC(=O)CCC(N)C(=O)OC1CCCCC1. The van der Waals surface area contributed by atoms with Gasteiger partial charge < -0.3 is 16.2 Å². The van der Waals surface area contributed by atoms with Crippen molar-refractivity contribution in [2.45, 2.75) is 57.1 Å². The minimum Gasteiger partial charge on any atom is -0.461 e. The molecule has 4 N–H and O–H groups in total. The Bertz CT molecular complexity index is 250. The van der Waals surface area contributed by atoms with Gasteiger partial charge >= 0.3 is 5.97 Å². The molecule has 0 saturated heterocycles.